The first-order valence-electron chi connectivity index (χ1n) is 6.70. The maximum Gasteiger partial charge on any atom is 1.00 e. The number of carbonyl (C=O) groups excluding carboxylic acids is 1. The van der Waals surface area contributed by atoms with Gasteiger partial charge < -0.3 is 14.8 Å². The van der Waals surface area contributed by atoms with Crippen LogP contribution in [0.3, 0.4) is 0 Å². The third-order valence-corrected chi connectivity index (χ3v) is 3.56. The van der Waals surface area contributed by atoms with Crippen molar-refractivity contribution in [1.29, 1.82) is 0 Å². The van der Waals surface area contributed by atoms with Crippen molar-refractivity contribution in [2.45, 2.75) is 12.6 Å². The van der Waals surface area contributed by atoms with Gasteiger partial charge in [-0.05, 0) is 30.7 Å². The zero-order valence-electron chi connectivity index (χ0n) is 12.4. The maximum atomic E-state index is 12.5. The molecule has 22 heavy (non-hydrogen) atoms. The number of anilines is 1. The van der Waals surface area contributed by atoms with Crippen molar-refractivity contribution in [3.05, 3.63) is 29.8 Å². The first-order valence-corrected chi connectivity index (χ1v) is 6.70. The van der Waals surface area contributed by atoms with E-state index in [9.17, 15) is 23.1 Å². The Bertz CT molecular complexity index is 486. The molecule has 8 heteroatoms. The molecular weight excluding hydrogens is 292 g/mol. The SMILES string of the molecule is O=C([O-])CCN1CCN(c2ccc(C(F)(F)F)cc2)CC1.[Li+]. The second-order valence-corrected chi connectivity index (χ2v) is 5.00. The average Bonchev–Trinajstić information content (AvgIpc) is 2.45. The van der Waals surface area contributed by atoms with Crippen molar-refractivity contribution in [3.63, 3.8) is 0 Å². The van der Waals surface area contributed by atoms with Gasteiger partial charge in [-0.1, -0.05) is 0 Å². The van der Waals surface area contributed by atoms with Gasteiger partial charge in [-0.15, -0.1) is 0 Å². The summed E-state index contributed by atoms with van der Waals surface area (Å²) in [6.07, 6.45) is -4.32. The number of carboxylic acids is 1. The van der Waals surface area contributed by atoms with Crippen LogP contribution in [0.2, 0.25) is 0 Å². The molecule has 0 bridgehead atoms. The van der Waals surface area contributed by atoms with E-state index >= 15 is 0 Å². The fourth-order valence-electron chi connectivity index (χ4n) is 2.34. The van der Waals surface area contributed by atoms with Crippen molar-refractivity contribution in [3.8, 4) is 0 Å². The molecule has 1 fully saturated rings. The summed E-state index contributed by atoms with van der Waals surface area (Å²) in [5.74, 6) is -1.07. The van der Waals surface area contributed by atoms with E-state index in [1.807, 2.05) is 9.80 Å². The largest absolute Gasteiger partial charge is 1.00 e. The molecule has 0 saturated carbocycles. The molecule has 1 saturated heterocycles. The summed E-state index contributed by atoms with van der Waals surface area (Å²) < 4.78 is 37.5. The standard InChI is InChI=1S/C14H17F3N2O2.Li/c15-14(16,17)11-1-3-12(4-2-11)19-9-7-18(8-10-19)6-5-13(20)21;/h1-4H,5-10H2,(H,20,21);/q;+1/p-1. The van der Waals surface area contributed by atoms with Crippen molar-refractivity contribution in [2.24, 2.45) is 0 Å². The monoisotopic (exact) mass is 308 g/mol. The summed E-state index contributed by atoms with van der Waals surface area (Å²) in [6.45, 7) is 3.16. The number of hydrogen-bond donors (Lipinski definition) is 0. The Labute approximate surface area is 139 Å². The molecule has 0 aromatic heterocycles. The summed E-state index contributed by atoms with van der Waals surface area (Å²) in [6, 6.07) is 5.11. The summed E-state index contributed by atoms with van der Waals surface area (Å²) in [7, 11) is 0. The molecule has 1 aliphatic rings. The Kier molecular flexibility index (Phi) is 6.79. The quantitative estimate of drug-likeness (QED) is 0.602. The first-order chi connectivity index (χ1) is 9.86. The molecule has 1 aromatic rings. The third kappa shape index (κ3) is 5.23. The van der Waals surface area contributed by atoms with Crippen LogP contribution in [0, 0.1) is 0 Å². The predicted molar refractivity (Wildman–Crippen MR) is 69.7 cm³/mol. The van der Waals surface area contributed by atoms with Crippen LogP contribution in [0.4, 0.5) is 18.9 Å². The van der Waals surface area contributed by atoms with Crippen LogP contribution < -0.4 is 28.9 Å². The third-order valence-electron chi connectivity index (χ3n) is 3.56. The van der Waals surface area contributed by atoms with Gasteiger partial charge in [-0.25, -0.2) is 0 Å². The fourth-order valence-corrected chi connectivity index (χ4v) is 2.34. The van der Waals surface area contributed by atoms with Gasteiger partial charge >= 0.3 is 25.0 Å². The normalized spacial score (nSPS) is 16.2. The Morgan fingerprint density at radius 2 is 1.64 bits per heavy atom. The zero-order chi connectivity index (χ0) is 15.5. The van der Waals surface area contributed by atoms with E-state index in [1.54, 1.807) is 0 Å². The number of hydrogen-bond acceptors (Lipinski definition) is 4. The first kappa shape index (κ1) is 18.9. The molecule has 0 amide bonds. The van der Waals surface area contributed by atoms with Gasteiger partial charge in [0.1, 0.15) is 0 Å². The zero-order valence-corrected chi connectivity index (χ0v) is 12.4. The molecule has 1 heterocycles. The topological polar surface area (TPSA) is 46.6 Å². The van der Waals surface area contributed by atoms with Crippen LogP contribution in [0.25, 0.3) is 0 Å². The number of benzene rings is 1. The molecule has 0 radical (unpaired) electrons. The van der Waals surface area contributed by atoms with Gasteiger partial charge in [0, 0.05) is 44.4 Å². The van der Waals surface area contributed by atoms with E-state index in [-0.39, 0.29) is 25.3 Å². The van der Waals surface area contributed by atoms with Crippen molar-refractivity contribution >= 4 is 11.7 Å². The number of nitrogens with zero attached hydrogens (tertiary/aromatic N) is 2. The Balaban J connectivity index is 0.00000242. The van der Waals surface area contributed by atoms with Crippen LogP contribution in [0.5, 0.6) is 0 Å². The molecule has 0 unspecified atom stereocenters. The summed E-state index contributed by atoms with van der Waals surface area (Å²) in [5.41, 5.74) is 0.0985. The molecule has 2 rings (SSSR count). The summed E-state index contributed by atoms with van der Waals surface area (Å²) >= 11 is 0. The van der Waals surface area contributed by atoms with Crippen LogP contribution in [-0.4, -0.2) is 43.6 Å². The molecular formula is C14H16F3LiN2O2. The second kappa shape index (κ2) is 7.91. The van der Waals surface area contributed by atoms with Crippen LogP contribution >= 0.6 is 0 Å². The number of piperazine rings is 1. The Morgan fingerprint density at radius 1 is 1.09 bits per heavy atom. The number of carbonyl (C=O) groups is 1. The van der Waals surface area contributed by atoms with Gasteiger partial charge in [0.2, 0.25) is 0 Å². The number of aliphatic carboxylic acids is 1. The summed E-state index contributed by atoms with van der Waals surface area (Å²) in [5, 5.41) is 10.4. The number of halogens is 3. The van der Waals surface area contributed by atoms with Gasteiger partial charge in [0.25, 0.3) is 0 Å². The number of alkyl halides is 3. The number of carboxylic acid groups (broad SMARTS) is 1. The molecule has 0 atom stereocenters. The predicted octanol–water partition coefficient (Wildman–Crippen LogP) is -2.03. The molecule has 0 aliphatic carbocycles. The Hall–Kier alpha value is -1.16. The minimum Gasteiger partial charge on any atom is -0.550 e. The minimum atomic E-state index is -4.32. The molecule has 1 aromatic carbocycles. The van der Waals surface area contributed by atoms with E-state index in [1.165, 1.54) is 12.1 Å². The Morgan fingerprint density at radius 3 is 2.09 bits per heavy atom. The van der Waals surface area contributed by atoms with Crippen molar-refractivity contribution < 1.29 is 41.9 Å². The van der Waals surface area contributed by atoms with E-state index in [0.29, 0.717) is 32.7 Å². The van der Waals surface area contributed by atoms with Gasteiger partial charge in [-0.3, -0.25) is 4.90 Å². The minimum absolute atomic E-state index is 0. The average molecular weight is 308 g/mol. The maximum absolute atomic E-state index is 12.5. The van der Waals surface area contributed by atoms with Gasteiger partial charge in [-0.2, -0.15) is 13.2 Å². The molecule has 1 aliphatic heterocycles. The van der Waals surface area contributed by atoms with E-state index in [2.05, 4.69) is 0 Å². The van der Waals surface area contributed by atoms with Crippen LogP contribution in [0.15, 0.2) is 24.3 Å². The van der Waals surface area contributed by atoms with Crippen LogP contribution in [0.1, 0.15) is 12.0 Å². The van der Waals surface area contributed by atoms with Crippen molar-refractivity contribution in [2.75, 3.05) is 37.6 Å². The van der Waals surface area contributed by atoms with Gasteiger partial charge in [0.05, 0.1) is 5.56 Å². The fraction of sp³-hybridized carbons (Fsp3) is 0.500. The van der Waals surface area contributed by atoms with Crippen LogP contribution in [-0.2, 0) is 11.0 Å². The molecule has 0 N–H and O–H groups in total. The summed E-state index contributed by atoms with van der Waals surface area (Å²) in [4.78, 5) is 14.4. The number of rotatable bonds is 4. The molecule has 0 spiro atoms. The van der Waals surface area contributed by atoms with E-state index in [4.69, 9.17) is 0 Å². The van der Waals surface area contributed by atoms with E-state index < -0.39 is 17.7 Å². The van der Waals surface area contributed by atoms with Gasteiger partial charge in [0.15, 0.2) is 0 Å². The second-order valence-electron chi connectivity index (χ2n) is 5.00. The molecule has 116 valence electrons. The molecule has 4 nitrogen and oxygen atoms in total. The van der Waals surface area contributed by atoms with Crippen molar-refractivity contribution in [1.82, 2.24) is 4.90 Å². The van der Waals surface area contributed by atoms with E-state index in [0.717, 1.165) is 17.8 Å². The smallest absolute Gasteiger partial charge is 0.550 e.